The molecule has 5 nitrogen and oxygen atoms in total. The maximum absolute atomic E-state index is 11.9. The van der Waals surface area contributed by atoms with E-state index in [4.69, 9.17) is 0 Å². The lowest BCUT2D eigenvalue weighted by Gasteiger charge is -2.08. The fourth-order valence-corrected chi connectivity index (χ4v) is 2.07. The minimum atomic E-state index is 0.0936. The number of nitrogens with zero attached hydrogens (tertiary/aromatic N) is 2. The molecule has 3 rings (SSSR count). The Bertz CT molecular complexity index is 589. The van der Waals surface area contributed by atoms with Gasteiger partial charge in [0.15, 0.2) is 0 Å². The van der Waals surface area contributed by atoms with Crippen LogP contribution in [0.15, 0.2) is 12.1 Å². The van der Waals surface area contributed by atoms with Crippen molar-refractivity contribution in [2.24, 2.45) is 11.8 Å². The van der Waals surface area contributed by atoms with E-state index in [1.165, 1.54) is 0 Å². The van der Waals surface area contributed by atoms with Crippen molar-refractivity contribution in [1.82, 2.24) is 15.4 Å². The Labute approximate surface area is 98.6 Å². The minimum absolute atomic E-state index is 0.0936. The summed E-state index contributed by atoms with van der Waals surface area (Å²) in [5.41, 5.74) is 3.29. The molecule has 1 saturated carbocycles. The molecule has 1 amide bonds. The second-order valence-electron chi connectivity index (χ2n) is 4.76. The Morgan fingerprint density at radius 3 is 2.94 bits per heavy atom. The number of aryl methyl sites for hydroxylation is 1. The van der Waals surface area contributed by atoms with Gasteiger partial charge in [-0.3, -0.25) is 4.79 Å². The van der Waals surface area contributed by atoms with E-state index in [0.717, 1.165) is 28.7 Å². The Hall–Kier alpha value is -1.91. The molecule has 2 N–H and O–H groups in total. The summed E-state index contributed by atoms with van der Waals surface area (Å²) in [6, 6.07) is 3.83. The smallest absolute Gasteiger partial charge is 0.227 e. The fraction of sp³-hybridized carbons (Fsp3) is 0.417. The number of rotatable bonds is 2. The second kappa shape index (κ2) is 3.55. The lowest BCUT2D eigenvalue weighted by atomic mass is 10.1. The molecule has 88 valence electrons. The van der Waals surface area contributed by atoms with Gasteiger partial charge in [-0.1, -0.05) is 13.0 Å². The van der Waals surface area contributed by atoms with Crippen LogP contribution >= 0.6 is 0 Å². The third-order valence-corrected chi connectivity index (χ3v) is 3.39. The van der Waals surface area contributed by atoms with E-state index in [1.807, 2.05) is 19.1 Å². The van der Waals surface area contributed by atoms with Gasteiger partial charge in [-0.2, -0.15) is 15.4 Å². The van der Waals surface area contributed by atoms with E-state index in [2.05, 4.69) is 27.7 Å². The van der Waals surface area contributed by atoms with Crippen molar-refractivity contribution in [3.05, 3.63) is 17.7 Å². The molecular weight excluding hydrogens is 216 g/mol. The van der Waals surface area contributed by atoms with Crippen LogP contribution in [-0.4, -0.2) is 21.3 Å². The first-order valence-corrected chi connectivity index (χ1v) is 5.78. The Morgan fingerprint density at radius 1 is 1.47 bits per heavy atom. The molecule has 1 aliphatic carbocycles. The van der Waals surface area contributed by atoms with Crippen molar-refractivity contribution >= 4 is 22.6 Å². The van der Waals surface area contributed by atoms with Gasteiger partial charge in [0.25, 0.3) is 0 Å². The van der Waals surface area contributed by atoms with Crippen LogP contribution in [0.4, 0.5) is 5.69 Å². The molecule has 17 heavy (non-hydrogen) atoms. The van der Waals surface area contributed by atoms with Crippen LogP contribution in [-0.2, 0) is 4.79 Å². The number of hydrogen-bond acceptors (Lipinski definition) is 3. The highest BCUT2D eigenvalue weighted by molar-refractivity contribution is 6.02. The number of fused-ring (bicyclic) bond motifs is 1. The van der Waals surface area contributed by atoms with Crippen molar-refractivity contribution in [3.8, 4) is 0 Å². The van der Waals surface area contributed by atoms with Crippen molar-refractivity contribution in [2.75, 3.05) is 5.32 Å². The van der Waals surface area contributed by atoms with Crippen molar-refractivity contribution in [2.45, 2.75) is 20.3 Å². The molecule has 2 unspecified atom stereocenters. The Kier molecular flexibility index (Phi) is 2.14. The third kappa shape index (κ3) is 1.67. The zero-order valence-electron chi connectivity index (χ0n) is 9.82. The number of anilines is 1. The SMILES string of the molecule is Cc1ccc2n[nH]nc2c1NC(=O)C1CC1C. The Morgan fingerprint density at radius 2 is 2.24 bits per heavy atom. The third-order valence-electron chi connectivity index (χ3n) is 3.39. The maximum Gasteiger partial charge on any atom is 0.227 e. The van der Waals surface area contributed by atoms with Crippen LogP contribution < -0.4 is 5.32 Å². The van der Waals surface area contributed by atoms with Crippen LogP contribution in [0.1, 0.15) is 18.9 Å². The summed E-state index contributed by atoms with van der Waals surface area (Å²) in [6.45, 7) is 4.05. The summed E-state index contributed by atoms with van der Waals surface area (Å²) in [5.74, 6) is 0.763. The molecule has 0 bridgehead atoms. The van der Waals surface area contributed by atoms with Gasteiger partial charge >= 0.3 is 0 Å². The topological polar surface area (TPSA) is 70.7 Å². The van der Waals surface area contributed by atoms with Gasteiger partial charge in [0.05, 0.1) is 5.69 Å². The van der Waals surface area contributed by atoms with Gasteiger partial charge in [-0.15, -0.1) is 0 Å². The maximum atomic E-state index is 11.9. The fourth-order valence-electron chi connectivity index (χ4n) is 2.07. The molecule has 2 atom stereocenters. The monoisotopic (exact) mass is 230 g/mol. The number of carbonyl (C=O) groups is 1. The molecule has 0 aliphatic heterocycles. The molecule has 1 aromatic carbocycles. The van der Waals surface area contributed by atoms with Gasteiger partial charge in [0, 0.05) is 5.92 Å². The normalized spacial score (nSPS) is 22.7. The number of hydrogen-bond donors (Lipinski definition) is 2. The first kappa shape index (κ1) is 10.3. The van der Waals surface area contributed by atoms with Crippen LogP contribution in [0.2, 0.25) is 0 Å². The quantitative estimate of drug-likeness (QED) is 0.827. The van der Waals surface area contributed by atoms with Crippen LogP contribution in [0.3, 0.4) is 0 Å². The zero-order valence-corrected chi connectivity index (χ0v) is 9.82. The van der Waals surface area contributed by atoms with Gasteiger partial charge < -0.3 is 5.32 Å². The molecule has 1 aromatic heterocycles. The zero-order chi connectivity index (χ0) is 12.0. The molecule has 0 saturated heterocycles. The van der Waals surface area contributed by atoms with Gasteiger partial charge in [0.1, 0.15) is 11.0 Å². The van der Waals surface area contributed by atoms with Crippen molar-refractivity contribution in [3.63, 3.8) is 0 Å². The van der Waals surface area contributed by atoms with Crippen LogP contribution in [0.5, 0.6) is 0 Å². The van der Waals surface area contributed by atoms with Crippen LogP contribution in [0.25, 0.3) is 11.0 Å². The molecule has 0 radical (unpaired) electrons. The lowest BCUT2D eigenvalue weighted by molar-refractivity contribution is -0.117. The molecule has 0 spiro atoms. The van der Waals surface area contributed by atoms with E-state index in [9.17, 15) is 4.79 Å². The largest absolute Gasteiger partial charge is 0.324 e. The van der Waals surface area contributed by atoms with E-state index in [1.54, 1.807) is 0 Å². The number of nitrogens with one attached hydrogen (secondary N) is 2. The standard InChI is InChI=1S/C12H14N4O/c1-6-3-4-9-11(15-16-14-9)10(6)13-12(17)8-5-7(8)2/h3-4,7-8H,5H2,1-2H3,(H,13,17)(H,14,15,16). The number of benzene rings is 1. The average Bonchev–Trinajstić information content (AvgIpc) is 2.86. The van der Waals surface area contributed by atoms with Gasteiger partial charge in [-0.25, -0.2) is 0 Å². The number of aromatic nitrogens is 3. The summed E-state index contributed by atoms with van der Waals surface area (Å²) in [5, 5.41) is 13.6. The van der Waals surface area contributed by atoms with Gasteiger partial charge in [-0.05, 0) is 30.9 Å². The summed E-state index contributed by atoms with van der Waals surface area (Å²) >= 11 is 0. The first-order chi connectivity index (χ1) is 8.16. The van der Waals surface area contributed by atoms with Crippen molar-refractivity contribution in [1.29, 1.82) is 0 Å². The number of amides is 1. The summed E-state index contributed by atoms with van der Waals surface area (Å²) < 4.78 is 0. The molecule has 2 aromatic rings. The molecule has 1 heterocycles. The summed E-state index contributed by atoms with van der Waals surface area (Å²) in [6.07, 6.45) is 0.986. The number of carbonyl (C=O) groups excluding carboxylic acids is 1. The minimum Gasteiger partial charge on any atom is -0.324 e. The van der Waals surface area contributed by atoms with Crippen molar-refractivity contribution < 1.29 is 4.79 Å². The number of aromatic amines is 1. The van der Waals surface area contributed by atoms with E-state index >= 15 is 0 Å². The molecular formula is C12H14N4O. The van der Waals surface area contributed by atoms with Crippen LogP contribution in [0, 0.1) is 18.8 Å². The average molecular weight is 230 g/mol. The highest BCUT2D eigenvalue weighted by Gasteiger charge is 2.39. The highest BCUT2D eigenvalue weighted by Crippen LogP contribution is 2.39. The predicted molar refractivity (Wildman–Crippen MR) is 64.5 cm³/mol. The summed E-state index contributed by atoms with van der Waals surface area (Å²) in [7, 11) is 0. The first-order valence-electron chi connectivity index (χ1n) is 5.78. The van der Waals surface area contributed by atoms with E-state index in [-0.39, 0.29) is 11.8 Å². The molecule has 5 heteroatoms. The molecule has 1 aliphatic rings. The second-order valence-corrected chi connectivity index (χ2v) is 4.76. The molecule has 1 fully saturated rings. The van der Waals surface area contributed by atoms with Gasteiger partial charge in [0.2, 0.25) is 5.91 Å². The van der Waals surface area contributed by atoms with E-state index in [0.29, 0.717) is 5.92 Å². The number of H-pyrrole nitrogens is 1. The highest BCUT2D eigenvalue weighted by atomic mass is 16.2. The predicted octanol–water partition coefficient (Wildman–Crippen LogP) is 1.86. The Balaban J connectivity index is 1.96. The lowest BCUT2D eigenvalue weighted by Crippen LogP contribution is -2.15. The summed E-state index contributed by atoms with van der Waals surface area (Å²) in [4.78, 5) is 11.9. The van der Waals surface area contributed by atoms with E-state index < -0.39 is 0 Å².